The molecule has 324 valence electrons. The highest BCUT2D eigenvalue weighted by atomic mass is 16.7. The van der Waals surface area contributed by atoms with E-state index >= 15 is 0 Å². The predicted molar refractivity (Wildman–Crippen MR) is 207 cm³/mol. The molecule has 56 heavy (non-hydrogen) atoms. The molecule has 3 aliphatic heterocycles. The fourth-order valence-corrected chi connectivity index (χ4v) is 9.24. The van der Waals surface area contributed by atoms with Crippen molar-refractivity contribution in [3.63, 3.8) is 0 Å². The van der Waals surface area contributed by atoms with Gasteiger partial charge in [0.15, 0.2) is 18.7 Å². The quantitative estimate of drug-likeness (QED) is 0.123. The van der Waals surface area contributed by atoms with Gasteiger partial charge in [0.2, 0.25) is 0 Å². The second kappa shape index (κ2) is 19.8. The minimum absolute atomic E-state index is 0.0859. The molecular formula is C40H72N4O12. The highest BCUT2D eigenvalue weighted by Gasteiger charge is 2.53. The summed E-state index contributed by atoms with van der Waals surface area (Å²) in [5, 5.41) is 39.7. The largest absolute Gasteiger partial charge is 0.459 e. The third-order valence-electron chi connectivity index (χ3n) is 12.6. The molecule has 0 bridgehead atoms. The van der Waals surface area contributed by atoms with Gasteiger partial charge in [-0.05, 0) is 98.7 Å². The summed E-state index contributed by atoms with van der Waals surface area (Å²) in [7, 11) is 5.30. The van der Waals surface area contributed by atoms with Crippen molar-refractivity contribution in [3.05, 3.63) is 10.4 Å². The summed E-state index contributed by atoms with van der Waals surface area (Å²) in [5.74, 6) is -3.49. The topological polar surface area (TPSA) is 211 Å². The number of likely N-dealkylation sites (N-methyl/N-ethyl adjacent to an activating group) is 1. The zero-order chi connectivity index (χ0) is 42.5. The standard InChI is InChI=1S/C40H72N4O12/c1-15-29-40(11,49)34(46)22(3)17-16-21(2)19-38(9,48)35(56-37-32(53-27(8)45)28(44(12)13)18-23(4)51-37)24(5)31(25(6)36(47)54-29)55-30-20-39(10,50-14)33(42-43-41)26(7)52-30/h21-26,28-35,37,46,48-49H,15-20H2,1-14H3/t21-,22-,23+,24-,25+,26-,28-,29+,30-,31-,32+,33?,34+,35+,37-,38?,39+,40?/m0/s1. The summed E-state index contributed by atoms with van der Waals surface area (Å²) in [4.78, 5) is 31.8. The smallest absolute Gasteiger partial charge is 0.311 e. The van der Waals surface area contributed by atoms with Gasteiger partial charge in [-0.25, -0.2) is 0 Å². The molecular weight excluding hydrogens is 728 g/mol. The van der Waals surface area contributed by atoms with Crippen LogP contribution in [0.4, 0.5) is 0 Å². The summed E-state index contributed by atoms with van der Waals surface area (Å²) in [5.41, 5.74) is 4.98. The van der Waals surface area contributed by atoms with Gasteiger partial charge in [-0.2, -0.15) is 0 Å². The molecule has 3 heterocycles. The summed E-state index contributed by atoms with van der Waals surface area (Å²) >= 11 is 0. The number of nitrogens with zero attached hydrogens (tertiary/aromatic N) is 4. The number of cyclic esters (lactones) is 1. The van der Waals surface area contributed by atoms with Crippen LogP contribution in [0.25, 0.3) is 10.4 Å². The van der Waals surface area contributed by atoms with Crippen molar-refractivity contribution in [2.24, 2.45) is 28.8 Å². The number of carbonyl (C=O) groups excluding carboxylic acids is 2. The summed E-state index contributed by atoms with van der Waals surface area (Å²) < 4.78 is 44.2. The van der Waals surface area contributed by atoms with Crippen LogP contribution in [0, 0.1) is 23.7 Å². The van der Waals surface area contributed by atoms with E-state index in [1.807, 2.05) is 46.7 Å². The third kappa shape index (κ3) is 11.3. The van der Waals surface area contributed by atoms with Crippen LogP contribution >= 0.6 is 0 Å². The van der Waals surface area contributed by atoms with Crippen molar-refractivity contribution < 1.29 is 58.1 Å². The van der Waals surface area contributed by atoms with Crippen LogP contribution in [-0.4, -0.2) is 138 Å². The lowest BCUT2D eigenvalue weighted by Crippen LogP contribution is -2.61. The lowest BCUT2D eigenvalue weighted by molar-refractivity contribution is -0.312. The molecule has 3 N–H and O–H groups in total. The van der Waals surface area contributed by atoms with Crippen LogP contribution < -0.4 is 0 Å². The molecule has 3 rings (SSSR count). The van der Waals surface area contributed by atoms with E-state index in [1.54, 1.807) is 34.6 Å². The minimum Gasteiger partial charge on any atom is -0.459 e. The number of rotatable bonds is 9. The number of carbonyl (C=O) groups is 2. The predicted octanol–water partition coefficient (Wildman–Crippen LogP) is 4.89. The highest BCUT2D eigenvalue weighted by Crippen LogP contribution is 2.41. The van der Waals surface area contributed by atoms with Gasteiger partial charge in [-0.3, -0.25) is 9.59 Å². The van der Waals surface area contributed by atoms with E-state index < -0.39 is 95.8 Å². The van der Waals surface area contributed by atoms with Gasteiger partial charge in [0.1, 0.15) is 11.7 Å². The monoisotopic (exact) mass is 801 g/mol. The average Bonchev–Trinajstić information content (AvgIpc) is 3.11. The van der Waals surface area contributed by atoms with Crippen LogP contribution in [0.15, 0.2) is 5.11 Å². The molecule has 3 unspecified atom stereocenters. The Balaban J connectivity index is 2.22. The maximum atomic E-state index is 14.3. The SMILES string of the molecule is CC[C@H]1OC(=O)[C@H](C)[C@@H](O[C@H]2C[C@@](C)(OC)C(N=[N+]=[N-])[C@H](C)O2)[C@H](C)[C@@H](O[C@@H]2O[C@H](C)C[C@H](N(C)C)[C@H]2OC(C)=O)C(C)(O)C[C@@H](C)CC[C@H](C)[C@@H](O)C1(C)O. The van der Waals surface area contributed by atoms with E-state index in [9.17, 15) is 30.4 Å². The Morgan fingerprint density at radius 1 is 1.02 bits per heavy atom. The summed E-state index contributed by atoms with van der Waals surface area (Å²) in [6.07, 6.45) is -5.97. The minimum atomic E-state index is -1.77. The van der Waals surface area contributed by atoms with E-state index in [1.165, 1.54) is 21.0 Å². The fourth-order valence-electron chi connectivity index (χ4n) is 9.24. The molecule has 0 aliphatic carbocycles. The van der Waals surface area contributed by atoms with Gasteiger partial charge < -0.3 is 53.4 Å². The van der Waals surface area contributed by atoms with Gasteiger partial charge in [-0.1, -0.05) is 39.2 Å². The van der Waals surface area contributed by atoms with Crippen LogP contribution in [0.3, 0.4) is 0 Å². The second-order valence-corrected chi connectivity index (χ2v) is 17.8. The second-order valence-electron chi connectivity index (χ2n) is 17.8. The van der Waals surface area contributed by atoms with Crippen molar-refractivity contribution in [1.29, 1.82) is 0 Å². The molecule has 18 atom stereocenters. The van der Waals surface area contributed by atoms with Gasteiger partial charge >= 0.3 is 11.9 Å². The maximum absolute atomic E-state index is 14.3. The zero-order valence-corrected chi connectivity index (χ0v) is 36.2. The average molecular weight is 801 g/mol. The maximum Gasteiger partial charge on any atom is 0.311 e. The van der Waals surface area contributed by atoms with Gasteiger partial charge in [0, 0.05) is 31.3 Å². The number of ether oxygens (including phenoxy) is 7. The van der Waals surface area contributed by atoms with E-state index in [4.69, 9.17) is 33.2 Å². The molecule has 16 heteroatoms. The van der Waals surface area contributed by atoms with E-state index in [2.05, 4.69) is 10.0 Å². The van der Waals surface area contributed by atoms with Crippen LogP contribution in [0.1, 0.15) is 115 Å². The van der Waals surface area contributed by atoms with E-state index in [-0.39, 0.29) is 43.2 Å². The molecule has 16 nitrogen and oxygen atoms in total. The first-order chi connectivity index (χ1) is 25.9. The van der Waals surface area contributed by atoms with Gasteiger partial charge in [0.25, 0.3) is 0 Å². The fraction of sp³-hybridized carbons (Fsp3) is 0.950. The van der Waals surface area contributed by atoms with Crippen molar-refractivity contribution in [2.75, 3.05) is 21.2 Å². The Kier molecular flexibility index (Phi) is 17.0. The van der Waals surface area contributed by atoms with Crippen molar-refractivity contribution >= 4 is 11.9 Å². The van der Waals surface area contributed by atoms with Crippen LogP contribution in [0.5, 0.6) is 0 Å². The van der Waals surface area contributed by atoms with E-state index in [0.717, 1.165) is 0 Å². The highest BCUT2D eigenvalue weighted by molar-refractivity contribution is 5.73. The molecule has 3 aliphatic rings. The molecule has 0 saturated carbocycles. The van der Waals surface area contributed by atoms with Crippen LogP contribution in [0.2, 0.25) is 0 Å². The summed E-state index contributed by atoms with van der Waals surface area (Å²) in [6, 6.07) is -0.951. The van der Waals surface area contributed by atoms with E-state index in [0.29, 0.717) is 19.3 Å². The normalized spacial score (nSPS) is 46.2. The van der Waals surface area contributed by atoms with Crippen molar-refractivity contribution in [2.45, 2.75) is 199 Å². The number of azide groups is 1. The molecule has 0 aromatic carbocycles. The Bertz CT molecular complexity index is 1350. The van der Waals surface area contributed by atoms with Crippen molar-refractivity contribution in [1.82, 2.24) is 4.90 Å². The molecule has 0 aromatic heterocycles. The molecule has 0 amide bonds. The first-order valence-electron chi connectivity index (χ1n) is 20.3. The number of hydrogen-bond acceptors (Lipinski definition) is 14. The first kappa shape index (κ1) is 48.3. The van der Waals surface area contributed by atoms with Crippen LogP contribution in [-0.2, 0) is 42.7 Å². The number of hydrogen-bond donors (Lipinski definition) is 3. The third-order valence-corrected chi connectivity index (χ3v) is 12.6. The lowest BCUT2D eigenvalue weighted by atomic mass is 9.76. The molecule has 0 spiro atoms. The number of methoxy groups -OCH3 is 1. The van der Waals surface area contributed by atoms with Gasteiger partial charge in [-0.15, -0.1) is 0 Å². The number of aliphatic hydroxyl groups excluding tert-OH is 1. The Morgan fingerprint density at radius 3 is 2.21 bits per heavy atom. The number of esters is 2. The van der Waals surface area contributed by atoms with Crippen molar-refractivity contribution in [3.8, 4) is 0 Å². The zero-order valence-electron chi connectivity index (χ0n) is 36.2. The molecule has 0 radical (unpaired) electrons. The summed E-state index contributed by atoms with van der Waals surface area (Å²) in [6.45, 7) is 19.0. The molecule has 3 fully saturated rings. The Morgan fingerprint density at radius 2 is 1.66 bits per heavy atom. The first-order valence-corrected chi connectivity index (χ1v) is 20.3. The number of aliphatic hydroxyl groups is 3. The molecule has 0 aromatic rings. The van der Waals surface area contributed by atoms with Gasteiger partial charge in [0.05, 0.1) is 59.7 Å². The Labute approximate surface area is 333 Å². The molecule has 3 saturated heterocycles. The Hall–Kier alpha value is -2.11. The lowest BCUT2D eigenvalue weighted by Gasteiger charge is -2.49.